The smallest absolute Gasteiger partial charge is 0.0924 e. The van der Waals surface area contributed by atoms with Gasteiger partial charge in [0.2, 0.25) is 0 Å². The van der Waals surface area contributed by atoms with Gasteiger partial charge < -0.3 is 5.32 Å². The number of rotatable bonds is 5. The Kier molecular flexibility index (Phi) is 4.04. The van der Waals surface area contributed by atoms with Gasteiger partial charge in [-0.2, -0.15) is 10.2 Å². The Bertz CT molecular complexity index is 968. The number of nitrogens with one attached hydrogen (secondary N) is 2. The van der Waals surface area contributed by atoms with E-state index in [1.54, 1.807) is 0 Å². The SMILES string of the molecule is Cn1cc(-c2cccc(NCc3cc(-c4ccccc4)n[nH]3)c2)cn1. The summed E-state index contributed by atoms with van der Waals surface area (Å²) < 4.78 is 1.81. The molecule has 0 unspecified atom stereocenters. The fraction of sp³-hybridized carbons (Fsp3) is 0.100. The van der Waals surface area contributed by atoms with Gasteiger partial charge in [-0.3, -0.25) is 9.78 Å². The Morgan fingerprint density at radius 1 is 0.960 bits per heavy atom. The lowest BCUT2D eigenvalue weighted by Crippen LogP contribution is -1.99. The largest absolute Gasteiger partial charge is 0.379 e. The van der Waals surface area contributed by atoms with Crippen LogP contribution in [0.15, 0.2) is 73.1 Å². The first-order valence-corrected chi connectivity index (χ1v) is 8.20. The molecule has 0 aliphatic rings. The van der Waals surface area contributed by atoms with E-state index >= 15 is 0 Å². The second-order valence-electron chi connectivity index (χ2n) is 5.98. The average Bonchev–Trinajstić information content (AvgIpc) is 3.30. The van der Waals surface area contributed by atoms with Crippen molar-refractivity contribution in [3.05, 3.63) is 78.8 Å². The van der Waals surface area contributed by atoms with Crippen molar-refractivity contribution in [3.63, 3.8) is 0 Å². The van der Waals surface area contributed by atoms with Crippen LogP contribution in [-0.2, 0) is 13.6 Å². The van der Waals surface area contributed by atoms with E-state index in [-0.39, 0.29) is 0 Å². The maximum absolute atomic E-state index is 4.39. The van der Waals surface area contributed by atoms with Crippen molar-refractivity contribution in [1.29, 1.82) is 0 Å². The number of aromatic nitrogens is 4. The highest BCUT2D eigenvalue weighted by Crippen LogP contribution is 2.23. The van der Waals surface area contributed by atoms with E-state index in [1.807, 2.05) is 48.4 Å². The van der Waals surface area contributed by atoms with Gasteiger partial charge >= 0.3 is 0 Å². The summed E-state index contributed by atoms with van der Waals surface area (Å²) in [6.07, 6.45) is 3.89. The Hall–Kier alpha value is -3.34. The topological polar surface area (TPSA) is 58.5 Å². The van der Waals surface area contributed by atoms with E-state index in [9.17, 15) is 0 Å². The lowest BCUT2D eigenvalue weighted by atomic mass is 10.1. The molecular formula is C20H19N5. The minimum atomic E-state index is 0.691. The molecule has 0 amide bonds. The van der Waals surface area contributed by atoms with E-state index in [0.29, 0.717) is 6.54 Å². The third kappa shape index (κ3) is 3.45. The van der Waals surface area contributed by atoms with Crippen LogP contribution in [0.4, 0.5) is 5.69 Å². The molecule has 2 heterocycles. The van der Waals surface area contributed by atoms with Gasteiger partial charge in [-0.1, -0.05) is 42.5 Å². The quantitative estimate of drug-likeness (QED) is 0.580. The lowest BCUT2D eigenvalue weighted by molar-refractivity contribution is 0.768. The predicted molar refractivity (Wildman–Crippen MR) is 100.0 cm³/mol. The van der Waals surface area contributed by atoms with Crippen LogP contribution < -0.4 is 5.32 Å². The first-order chi connectivity index (χ1) is 12.3. The molecule has 4 aromatic rings. The molecule has 0 fully saturated rings. The predicted octanol–water partition coefficient (Wildman–Crippen LogP) is 4.09. The molecule has 5 nitrogen and oxygen atoms in total. The van der Waals surface area contributed by atoms with Crippen molar-refractivity contribution in [3.8, 4) is 22.4 Å². The summed E-state index contributed by atoms with van der Waals surface area (Å²) in [5.74, 6) is 0. The Balaban J connectivity index is 1.46. The van der Waals surface area contributed by atoms with Crippen LogP contribution in [0.2, 0.25) is 0 Å². The van der Waals surface area contributed by atoms with Crippen molar-refractivity contribution in [2.75, 3.05) is 5.32 Å². The van der Waals surface area contributed by atoms with Gasteiger partial charge in [0.1, 0.15) is 0 Å². The van der Waals surface area contributed by atoms with E-state index in [1.165, 1.54) is 0 Å². The van der Waals surface area contributed by atoms with Crippen LogP contribution in [-0.4, -0.2) is 20.0 Å². The number of aryl methyl sites for hydroxylation is 1. The third-order valence-corrected chi connectivity index (χ3v) is 4.08. The maximum atomic E-state index is 4.39. The highest BCUT2D eigenvalue weighted by atomic mass is 15.2. The Morgan fingerprint density at radius 2 is 1.80 bits per heavy atom. The minimum absolute atomic E-state index is 0.691. The zero-order chi connectivity index (χ0) is 17.1. The number of H-pyrrole nitrogens is 1. The summed E-state index contributed by atoms with van der Waals surface area (Å²) in [6.45, 7) is 0.691. The van der Waals surface area contributed by atoms with Crippen LogP contribution in [0.1, 0.15) is 5.69 Å². The standard InChI is InChI=1S/C20H19N5/c1-25-14-17(12-22-25)16-8-5-9-18(10-16)21-13-19-11-20(24-23-19)15-6-3-2-4-7-15/h2-12,14,21H,13H2,1H3,(H,23,24). The molecule has 4 rings (SSSR count). The molecule has 2 aromatic carbocycles. The van der Waals surface area contributed by atoms with Gasteiger partial charge in [0.25, 0.3) is 0 Å². The first kappa shape index (κ1) is 15.2. The monoisotopic (exact) mass is 329 g/mol. The van der Waals surface area contributed by atoms with E-state index < -0.39 is 0 Å². The molecule has 0 aliphatic heterocycles. The zero-order valence-corrected chi connectivity index (χ0v) is 14.0. The molecule has 25 heavy (non-hydrogen) atoms. The molecule has 2 N–H and O–H groups in total. The summed E-state index contributed by atoms with van der Waals surface area (Å²) in [6, 6.07) is 20.6. The van der Waals surface area contributed by atoms with Crippen LogP contribution >= 0.6 is 0 Å². The number of hydrogen-bond donors (Lipinski definition) is 2. The second kappa shape index (κ2) is 6.65. The van der Waals surface area contributed by atoms with Crippen molar-refractivity contribution in [1.82, 2.24) is 20.0 Å². The molecule has 0 radical (unpaired) electrons. The van der Waals surface area contributed by atoms with E-state index in [4.69, 9.17) is 0 Å². The summed E-state index contributed by atoms with van der Waals surface area (Å²) >= 11 is 0. The van der Waals surface area contributed by atoms with Gasteiger partial charge in [-0.05, 0) is 23.8 Å². The number of anilines is 1. The Labute approximate surface area is 146 Å². The van der Waals surface area contributed by atoms with E-state index in [2.05, 4.69) is 57.0 Å². The van der Waals surface area contributed by atoms with Crippen LogP contribution in [0.25, 0.3) is 22.4 Å². The molecule has 0 saturated carbocycles. The van der Waals surface area contributed by atoms with Crippen molar-refractivity contribution < 1.29 is 0 Å². The molecule has 0 saturated heterocycles. The number of benzene rings is 2. The summed E-state index contributed by atoms with van der Waals surface area (Å²) in [5.41, 5.74) is 6.44. The minimum Gasteiger partial charge on any atom is -0.379 e. The van der Waals surface area contributed by atoms with Gasteiger partial charge in [0.05, 0.1) is 24.1 Å². The second-order valence-corrected chi connectivity index (χ2v) is 5.98. The number of hydrogen-bond acceptors (Lipinski definition) is 3. The molecular weight excluding hydrogens is 310 g/mol. The molecule has 0 atom stereocenters. The molecule has 5 heteroatoms. The fourth-order valence-corrected chi connectivity index (χ4v) is 2.79. The highest BCUT2D eigenvalue weighted by Gasteiger charge is 2.05. The summed E-state index contributed by atoms with van der Waals surface area (Å²) in [4.78, 5) is 0. The zero-order valence-electron chi connectivity index (χ0n) is 14.0. The first-order valence-electron chi connectivity index (χ1n) is 8.20. The molecule has 124 valence electrons. The average molecular weight is 329 g/mol. The number of nitrogens with zero attached hydrogens (tertiary/aromatic N) is 3. The van der Waals surface area contributed by atoms with Gasteiger partial charge in [0, 0.05) is 30.1 Å². The molecule has 0 bridgehead atoms. The fourth-order valence-electron chi connectivity index (χ4n) is 2.79. The molecule has 0 spiro atoms. The van der Waals surface area contributed by atoms with E-state index in [0.717, 1.165) is 33.8 Å². The van der Waals surface area contributed by atoms with Crippen LogP contribution in [0, 0.1) is 0 Å². The highest BCUT2D eigenvalue weighted by molar-refractivity contribution is 5.67. The van der Waals surface area contributed by atoms with Crippen LogP contribution in [0.5, 0.6) is 0 Å². The van der Waals surface area contributed by atoms with Gasteiger partial charge in [0.15, 0.2) is 0 Å². The van der Waals surface area contributed by atoms with Crippen molar-refractivity contribution >= 4 is 5.69 Å². The normalized spacial score (nSPS) is 10.8. The lowest BCUT2D eigenvalue weighted by Gasteiger charge is -2.06. The van der Waals surface area contributed by atoms with Crippen molar-refractivity contribution in [2.45, 2.75) is 6.54 Å². The van der Waals surface area contributed by atoms with Crippen molar-refractivity contribution in [2.24, 2.45) is 7.05 Å². The Morgan fingerprint density at radius 3 is 2.60 bits per heavy atom. The molecule has 0 aliphatic carbocycles. The third-order valence-electron chi connectivity index (χ3n) is 4.08. The molecule has 2 aromatic heterocycles. The van der Waals surface area contributed by atoms with Gasteiger partial charge in [-0.15, -0.1) is 0 Å². The summed E-state index contributed by atoms with van der Waals surface area (Å²) in [7, 11) is 1.92. The van der Waals surface area contributed by atoms with Crippen LogP contribution in [0.3, 0.4) is 0 Å². The number of aromatic amines is 1. The summed E-state index contributed by atoms with van der Waals surface area (Å²) in [5, 5.41) is 15.2. The van der Waals surface area contributed by atoms with Gasteiger partial charge in [-0.25, -0.2) is 0 Å². The maximum Gasteiger partial charge on any atom is 0.0924 e.